The fraction of sp³-hybridized carbons (Fsp3) is 0.318. The van der Waals surface area contributed by atoms with E-state index in [2.05, 4.69) is 5.32 Å². The van der Waals surface area contributed by atoms with Gasteiger partial charge in [0.25, 0.3) is 5.91 Å². The molecule has 7 heteroatoms. The fourth-order valence-corrected chi connectivity index (χ4v) is 3.57. The number of carboxylic acid groups (broad SMARTS) is 1. The van der Waals surface area contributed by atoms with Gasteiger partial charge in [0, 0.05) is 29.2 Å². The van der Waals surface area contributed by atoms with Gasteiger partial charge in [-0.2, -0.15) is 0 Å². The van der Waals surface area contributed by atoms with Crippen LogP contribution >= 0.6 is 11.6 Å². The molecule has 3 rings (SSSR count). The Labute approximate surface area is 175 Å². The SMILES string of the molecule is CC[C@H](C)C1N=C(c2ccccc2)c2cc(Cl)ccc2N(CCNC(=O)O)C1=O. The van der Waals surface area contributed by atoms with Crippen LogP contribution in [-0.4, -0.2) is 41.9 Å². The summed E-state index contributed by atoms with van der Waals surface area (Å²) in [6.45, 7) is 4.37. The van der Waals surface area contributed by atoms with Crippen molar-refractivity contribution >= 4 is 35.0 Å². The van der Waals surface area contributed by atoms with Crippen LogP contribution in [0.1, 0.15) is 31.4 Å². The molecule has 2 amide bonds. The second-order valence-electron chi connectivity index (χ2n) is 7.06. The molecule has 6 nitrogen and oxygen atoms in total. The molecule has 1 aliphatic heterocycles. The van der Waals surface area contributed by atoms with Gasteiger partial charge in [-0.15, -0.1) is 0 Å². The van der Waals surface area contributed by atoms with E-state index in [1.54, 1.807) is 17.0 Å². The second kappa shape index (κ2) is 9.09. The zero-order valence-electron chi connectivity index (χ0n) is 16.4. The summed E-state index contributed by atoms with van der Waals surface area (Å²) in [5.74, 6) is -0.109. The molecule has 29 heavy (non-hydrogen) atoms. The van der Waals surface area contributed by atoms with Gasteiger partial charge in [-0.25, -0.2) is 4.79 Å². The van der Waals surface area contributed by atoms with Crippen LogP contribution < -0.4 is 10.2 Å². The van der Waals surface area contributed by atoms with Crippen molar-refractivity contribution in [2.24, 2.45) is 10.9 Å². The average molecular weight is 414 g/mol. The zero-order valence-corrected chi connectivity index (χ0v) is 17.2. The van der Waals surface area contributed by atoms with Gasteiger partial charge >= 0.3 is 6.09 Å². The van der Waals surface area contributed by atoms with E-state index in [1.165, 1.54) is 0 Å². The normalized spacial score (nSPS) is 17.2. The van der Waals surface area contributed by atoms with Gasteiger partial charge in [-0.3, -0.25) is 9.79 Å². The molecular weight excluding hydrogens is 390 g/mol. The molecular formula is C22H24ClN3O3. The Morgan fingerprint density at radius 2 is 2.00 bits per heavy atom. The van der Waals surface area contributed by atoms with Crippen LogP contribution in [0.3, 0.4) is 0 Å². The number of halogens is 1. The Hall–Kier alpha value is -2.86. The van der Waals surface area contributed by atoms with Crippen LogP contribution in [0, 0.1) is 5.92 Å². The molecule has 0 fully saturated rings. The van der Waals surface area contributed by atoms with E-state index < -0.39 is 12.1 Å². The molecule has 0 bridgehead atoms. The number of aliphatic imine (C=N–C) groups is 1. The minimum Gasteiger partial charge on any atom is -0.465 e. The highest BCUT2D eigenvalue weighted by Gasteiger charge is 2.34. The van der Waals surface area contributed by atoms with Crippen LogP contribution in [0.15, 0.2) is 53.5 Å². The molecule has 152 valence electrons. The lowest BCUT2D eigenvalue weighted by Crippen LogP contribution is -2.44. The number of nitrogens with one attached hydrogen (secondary N) is 1. The quantitative estimate of drug-likeness (QED) is 0.744. The summed E-state index contributed by atoms with van der Waals surface area (Å²) < 4.78 is 0. The molecule has 1 unspecified atom stereocenters. The number of amides is 2. The summed E-state index contributed by atoms with van der Waals surface area (Å²) in [5.41, 5.74) is 3.07. The van der Waals surface area contributed by atoms with Crippen molar-refractivity contribution in [1.82, 2.24) is 5.32 Å². The van der Waals surface area contributed by atoms with Crippen molar-refractivity contribution in [1.29, 1.82) is 0 Å². The first kappa shape index (κ1) is 20.9. The van der Waals surface area contributed by atoms with Gasteiger partial charge in [0.15, 0.2) is 0 Å². The van der Waals surface area contributed by atoms with Crippen molar-refractivity contribution in [2.45, 2.75) is 26.3 Å². The minimum atomic E-state index is -1.12. The summed E-state index contributed by atoms with van der Waals surface area (Å²) in [4.78, 5) is 30.9. The lowest BCUT2D eigenvalue weighted by molar-refractivity contribution is -0.120. The number of benzene rings is 2. The third kappa shape index (κ3) is 4.59. The van der Waals surface area contributed by atoms with Gasteiger partial charge in [0.1, 0.15) is 6.04 Å². The Morgan fingerprint density at radius 3 is 2.66 bits per heavy atom. The van der Waals surface area contributed by atoms with E-state index in [-0.39, 0.29) is 24.9 Å². The van der Waals surface area contributed by atoms with E-state index in [0.717, 1.165) is 23.3 Å². The number of benzodiazepines with no additional fused rings is 1. The molecule has 0 saturated carbocycles. The zero-order chi connectivity index (χ0) is 21.0. The van der Waals surface area contributed by atoms with Crippen LogP contribution in [0.5, 0.6) is 0 Å². The smallest absolute Gasteiger partial charge is 0.404 e. The van der Waals surface area contributed by atoms with Gasteiger partial charge in [-0.1, -0.05) is 62.2 Å². The standard InChI is InChI=1S/C22H24ClN3O3/c1-3-14(2)19-21(27)26(12-11-24-22(28)29)18-10-9-16(23)13-17(18)20(25-19)15-7-5-4-6-8-15/h4-10,13-14,19,24H,3,11-12H2,1-2H3,(H,28,29)/t14-,19?/m0/s1. The Bertz CT molecular complexity index is 930. The summed E-state index contributed by atoms with van der Waals surface area (Å²) in [6.07, 6.45) is -0.330. The van der Waals surface area contributed by atoms with E-state index in [9.17, 15) is 9.59 Å². The van der Waals surface area contributed by atoms with Crippen molar-refractivity contribution in [2.75, 3.05) is 18.0 Å². The van der Waals surface area contributed by atoms with Gasteiger partial charge in [0.2, 0.25) is 0 Å². The molecule has 0 spiro atoms. The topological polar surface area (TPSA) is 82.0 Å². The van der Waals surface area contributed by atoms with E-state index >= 15 is 0 Å². The molecule has 1 aliphatic rings. The first-order valence-corrected chi connectivity index (χ1v) is 10.0. The summed E-state index contributed by atoms with van der Waals surface area (Å²) >= 11 is 6.29. The Morgan fingerprint density at radius 1 is 1.28 bits per heavy atom. The fourth-order valence-electron chi connectivity index (χ4n) is 3.40. The van der Waals surface area contributed by atoms with Crippen LogP contribution in [0.2, 0.25) is 5.02 Å². The third-order valence-electron chi connectivity index (χ3n) is 5.13. The van der Waals surface area contributed by atoms with E-state index in [1.807, 2.05) is 50.2 Å². The Kier molecular flexibility index (Phi) is 6.54. The molecule has 2 atom stereocenters. The van der Waals surface area contributed by atoms with E-state index in [4.69, 9.17) is 21.7 Å². The third-order valence-corrected chi connectivity index (χ3v) is 5.37. The highest BCUT2D eigenvalue weighted by molar-refractivity contribution is 6.32. The predicted molar refractivity (Wildman–Crippen MR) is 115 cm³/mol. The van der Waals surface area contributed by atoms with Crippen molar-refractivity contribution in [3.8, 4) is 0 Å². The number of anilines is 1. The van der Waals surface area contributed by atoms with Crippen molar-refractivity contribution in [3.63, 3.8) is 0 Å². The van der Waals surface area contributed by atoms with Crippen LogP contribution in [-0.2, 0) is 4.79 Å². The number of hydrogen-bond acceptors (Lipinski definition) is 3. The molecule has 1 heterocycles. The molecule has 0 saturated heterocycles. The van der Waals surface area contributed by atoms with Crippen LogP contribution in [0.4, 0.5) is 10.5 Å². The highest BCUT2D eigenvalue weighted by atomic mass is 35.5. The summed E-state index contributed by atoms with van der Waals surface area (Å²) in [7, 11) is 0. The molecule has 0 aromatic heterocycles. The maximum absolute atomic E-state index is 13.5. The number of nitrogens with zero attached hydrogens (tertiary/aromatic N) is 2. The van der Waals surface area contributed by atoms with Crippen molar-refractivity contribution in [3.05, 3.63) is 64.7 Å². The predicted octanol–water partition coefficient (Wildman–Crippen LogP) is 4.21. The largest absolute Gasteiger partial charge is 0.465 e. The first-order chi connectivity index (χ1) is 13.9. The molecule has 2 aromatic carbocycles. The van der Waals surface area contributed by atoms with E-state index in [0.29, 0.717) is 10.7 Å². The monoisotopic (exact) mass is 413 g/mol. The molecule has 0 radical (unpaired) electrons. The first-order valence-electron chi connectivity index (χ1n) is 9.63. The van der Waals surface area contributed by atoms with Crippen LogP contribution in [0.25, 0.3) is 0 Å². The minimum absolute atomic E-state index is 0.0286. The van der Waals surface area contributed by atoms with Gasteiger partial charge < -0.3 is 15.3 Å². The van der Waals surface area contributed by atoms with Gasteiger partial charge in [0.05, 0.1) is 11.4 Å². The van der Waals surface area contributed by atoms with Gasteiger partial charge in [-0.05, 0) is 24.1 Å². The maximum Gasteiger partial charge on any atom is 0.404 e. The summed E-state index contributed by atoms with van der Waals surface area (Å²) in [5, 5.41) is 11.8. The molecule has 2 N–H and O–H groups in total. The lowest BCUT2D eigenvalue weighted by atomic mass is 9.98. The summed E-state index contributed by atoms with van der Waals surface area (Å²) in [6, 6.07) is 14.5. The number of carbonyl (C=O) groups is 2. The molecule has 2 aromatic rings. The number of carbonyl (C=O) groups excluding carboxylic acids is 1. The number of hydrogen-bond donors (Lipinski definition) is 2. The number of rotatable bonds is 6. The number of fused-ring (bicyclic) bond motifs is 1. The lowest BCUT2D eigenvalue weighted by Gasteiger charge is -2.27. The molecule has 0 aliphatic carbocycles. The second-order valence-corrected chi connectivity index (χ2v) is 7.49. The van der Waals surface area contributed by atoms with Crippen molar-refractivity contribution < 1.29 is 14.7 Å². The Balaban J connectivity index is 2.15. The maximum atomic E-state index is 13.5. The highest BCUT2D eigenvalue weighted by Crippen LogP contribution is 2.32. The average Bonchev–Trinajstić information content (AvgIpc) is 2.83.